The summed E-state index contributed by atoms with van der Waals surface area (Å²) in [7, 11) is 0. The van der Waals surface area contributed by atoms with Gasteiger partial charge in [0.25, 0.3) is 0 Å². The molecule has 3 aromatic carbocycles. The summed E-state index contributed by atoms with van der Waals surface area (Å²) in [6.45, 7) is 0.560. The van der Waals surface area contributed by atoms with Crippen molar-refractivity contribution in [2.45, 2.75) is 13.2 Å². The van der Waals surface area contributed by atoms with Crippen LogP contribution in [0.2, 0.25) is 10.0 Å². The minimum Gasteiger partial charge on any atom is -0.488 e. The molecule has 0 amide bonds. The largest absolute Gasteiger partial charge is 0.488 e. The lowest BCUT2D eigenvalue weighted by molar-refractivity contribution is 0.0697. The van der Waals surface area contributed by atoms with Gasteiger partial charge in [0.15, 0.2) is 0 Å². The number of benzene rings is 3. The van der Waals surface area contributed by atoms with E-state index < -0.39 is 11.8 Å². The zero-order chi connectivity index (χ0) is 21.0. The van der Waals surface area contributed by atoms with Crippen LogP contribution in [0.4, 0.5) is 10.1 Å². The minimum atomic E-state index is -1.10. The Bertz CT molecular complexity index is 1060. The highest BCUT2D eigenvalue weighted by molar-refractivity contribution is 9.10. The first-order chi connectivity index (χ1) is 13.8. The van der Waals surface area contributed by atoms with Crippen LogP contribution in [0.15, 0.2) is 59.1 Å². The van der Waals surface area contributed by atoms with Gasteiger partial charge >= 0.3 is 5.97 Å². The lowest BCUT2D eigenvalue weighted by Gasteiger charge is -2.14. The number of anilines is 1. The molecule has 0 spiro atoms. The van der Waals surface area contributed by atoms with E-state index in [2.05, 4.69) is 21.2 Å². The van der Waals surface area contributed by atoms with Gasteiger partial charge in [-0.2, -0.15) is 0 Å². The van der Waals surface area contributed by atoms with Gasteiger partial charge in [-0.05, 0) is 48.5 Å². The average Bonchev–Trinajstić information content (AvgIpc) is 2.67. The van der Waals surface area contributed by atoms with Gasteiger partial charge in [0.05, 0.1) is 15.6 Å². The maximum absolute atomic E-state index is 13.2. The van der Waals surface area contributed by atoms with Crippen molar-refractivity contribution in [3.8, 4) is 5.75 Å². The van der Waals surface area contributed by atoms with Gasteiger partial charge in [0.1, 0.15) is 18.2 Å². The van der Waals surface area contributed by atoms with E-state index in [0.29, 0.717) is 28.6 Å². The zero-order valence-electron chi connectivity index (χ0n) is 14.9. The molecule has 150 valence electrons. The van der Waals surface area contributed by atoms with Gasteiger partial charge < -0.3 is 15.2 Å². The second-order valence-electron chi connectivity index (χ2n) is 6.13. The van der Waals surface area contributed by atoms with Gasteiger partial charge in [0.2, 0.25) is 0 Å². The molecule has 3 rings (SSSR count). The van der Waals surface area contributed by atoms with Crippen LogP contribution in [0.3, 0.4) is 0 Å². The fourth-order valence-corrected chi connectivity index (χ4v) is 3.45. The molecular formula is C21H15BrCl2FNO3. The van der Waals surface area contributed by atoms with Gasteiger partial charge in [0, 0.05) is 27.8 Å². The molecule has 0 aromatic heterocycles. The number of aromatic carboxylic acids is 1. The third kappa shape index (κ3) is 5.63. The van der Waals surface area contributed by atoms with Crippen molar-refractivity contribution in [3.05, 3.63) is 91.6 Å². The number of carbonyl (C=O) groups is 1. The van der Waals surface area contributed by atoms with Crippen LogP contribution in [0.5, 0.6) is 5.75 Å². The van der Waals surface area contributed by atoms with Crippen LogP contribution < -0.4 is 10.1 Å². The maximum Gasteiger partial charge on any atom is 0.337 e. The Labute approximate surface area is 185 Å². The van der Waals surface area contributed by atoms with E-state index in [1.165, 1.54) is 24.3 Å². The van der Waals surface area contributed by atoms with E-state index in [-0.39, 0.29) is 17.2 Å². The molecule has 0 saturated heterocycles. The fourth-order valence-electron chi connectivity index (χ4n) is 2.62. The van der Waals surface area contributed by atoms with Gasteiger partial charge in [-0.15, -0.1) is 0 Å². The molecule has 0 aliphatic rings. The maximum atomic E-state index is 13.2. The van der Waals surface area contributed by atoms with Gasteiger partial charge in [-0.25, -0.2) is 9.18 Å². The Kier molecular flexibility index (Phi) is 7.00. The standard InChI is InChI=1S/C21H15BrCl2FNO3/c22-14-2-6-20(29-11-12-1-3-15(25)8-19(12)24)13(7-14)10-26-16-4-5-18(23)17(9-16)21(27)28/h1-9,26H,10-11H2,(H,27,28). The number of carboxylic acid groups (broad SMARTS) is 1. The van der Waals surface area contributed by atoms with Crippen molar-refractivity contribution in [2.24, 2.45) is 0 Å². The molecule has 0 saturated carbocycles. The number of rotatable bonds is 7. The smallest absolute Gasteiger partial charge is 0.337 e. The molecule has 0 aliphatic carbocycles. The predicted octanol–water partition coefficient (Wildman–Crippen LogP) is 6.78. The lowest BCUT2D eigenvalue weighted by atomic mass is 10.1. The number of nitrogens with one attached hydrogen (secondary N) is 1. The first-order valence-electron chi connectivity index (χ1n) is 8.45. The fraction of sp³-hybridized carbons (Fsp3) is 0.0952. The Morgan fingerprint density at radius 2 is 1.83 bits per heavy atom. The Morgan fingerprint density at radius 3 is 2.55 bits per heavy atom. The van der Waals surface area contributed by atoms with Crippen molar-refractivity contribution in [1.82, 2.24) is 0 Å². The number of ether oxygens (including phenoxy) is 1. The van der Waals surface area contributed by atoms with Crippen LogP contribution in [0.25, 0.3) is 0 Å². The Morgan fingerprint density at radius 1 is 1.03 bits per heavy atom. The molecule has 0 fully saturated rings. The summed E-state index contributed by atoms with van der Waals surface area (Å²) >= 11 is 15.4. The molecule has 0 aliphatic heterocycles. The van der Waals surface area contributed by atoms with Crippen molar-refractivity contribution < 1.29 is 19.0 Å². The molecule has 4 nitrogen and oxygen atoms in total. The van der Waals surface area contributed by atoms with E-state index in [9.17, 15) is 14.3 Å². The van der Waals surface area contributed by atoms with Crippen LogP contribution >= 0.6 is 39.1 Å². The molecule has 0 atom stereocenters. The van der Waals surface area contributed by atoms with E-state index in [1.807, 2.05) is 18.2 Å². The molecule has 0 unspecified atom stereocenters. The molecule has 29 heavy (non-hydrogen) atoms. The predicted molar refractivity (Wildman–Crippen MR) is 116 cm³/mol. The number of hydrogen-bond donors (Lipinski definition) is 2. The first-order valence-corrected chi connectivity index (χ1v) is 10.0. The lowest BCUT2D eigenvalue weighted by Crippen LogP contribution is -2.05. The third-order valence-electron chi connectivity index (χ3n) is 4.10. The van der Waals surface area contributed by atoms with Crippen molar-refractivity contribution in [3.63, 3.8) is 0 Å². The van der Waals surface area contributed by atoms with Crippen molar-refractivity contribution in [1.29, 1.82) is 0 Å². The molecule has 0 bridgehead atoms. The summed E-state index contributed by atoms with van der Waals surface area (Å²) in [4.78, 5) is 11.2. The van der Waals surface area contributed by atoms with E-state index in [4.69, 9.17) is 27.9 Å². The Balaban J connectivity index is 1.75. The monoisotopic (exact) mass is 497 g/mol. The number of halogens is 4. The third-order valence-corrected chi connectivity index (χ3v) is 5.28. The quantitative estimate of drug-likeness (QED) is 0.376. The normalized spacial score (nSPS) is 10.6. The number of hydrogen-bond acceptors (Lipinski definition) is 3. The molecule has 0 radical (unpaired) electrons. The van der Waals surface area contributed by atoms with Crippen LogP contribution in [-0.4, -0.2) is 11.1 Å². The molecule has 2 N–H and O–H groups in total. The van der Waals surface area contributed by atoms with E-state index in [1.54, 1.807) is 12.1 Å². The molecular weight excluding hydrogens is 484 g/mol. The highest BCUT2D eigenvalue weighted by Crippen LogP contribution is 2.27. The molecule has 3 aromatic rings. The van der Waals surface area contributed by atoms with Crippen molar-refractivity contribution >= 4 is 50.8 Å². The second-order valence-corrected chi connectivity index (χ2v) is 7.86. The van der Waals surface area contributed by atoms with Crippen LogP contribution in [0.1, 0.15) is 21.5 Å². The Hall–Kier alpha value is -2.28. The molecule has 8 heteroatoms. The minimum absolute atomic E-state index is 0.0216. The van der Waals surface area contributed by atoms with Crippen molar-refractivity contribution in [2.75, 3.05) is 5.32 Å². The number of carboxylic acids is 1. The summed E-state index contributed by atoms with van der Waals surface area (Å²) < 4.78 is 20.0. The highest BCUT2D eigenvalue weighted by Gasteiger charge is 2.11. The summed E-state index contributed by atoms with van der Waals surface area (Å²) in [6.07, 6.45) is 0. The zero-order valence-corrected chi connectivity index (χ0v) is 18.0. The summed E-state index contributed by atoms with van der Waals surface area (Å²) in [6, 6.07) is 14.4. The summed E-state index contributed by atoms with van der Waals surface area (Å²) in [5.74, 6) is -0.884. The first kappa shape index (κ1) is 21.4. The van der Waals surface area contributed by atoms with Crippen LogP contribution in [-0.2, 0) is 13.2 Å². The van der Waals surface area contributed by atoms with Gasteiger partial charge in [-0.3, -0.25) is 0 Å². The van der Waals surface area contributed by atoms with Gasteiger partial charge in [-0.1, -0.05) is 45.2 Å². The SMILES string of the molecule is O=C(O)c1cc(NCc2cc(Br)ccc2OCc2ccc(F)cc2Cl)ccc1Cl. The highest BCUT2D eigenvalue weighted by atomic mass is 79.9. The van der Waals surface area contributed by atoms with Crippen LogP contribution in [0, 0.1) is 5.82 Å². The van der Waals surface area contributed by atoms with E-state index in [0.717, 1.165) is 10.0 Å². The summed E-state index contributed by atoms with van der Waals surface area (Å²) in [5.41, 5.74) is 2.13. The second kappa shape index (κ2) is 9.48. The topological polar surface area (TPSA) is 58.6 Å². The van der Waals surface area contributed by atoms with E-state index >= 15 is 0 Å². The molecule has 0 heterocycles. The summed E-state index contributed by atoms with van der Waals surface area (Å²) in [5, 5.41) is 12.8. The average molecular weight is 499 g/mol.